The van der Waals surface area contributed by atoms with Crippen molar-refractivity contribution in [3.63, 3.8) is 0 Å². The van der Waals surface area contributed by atoms with Gasteiger partial charge >= 0.3 is 6.43 Å². The molecule has 176 valence electrons. The maximum Gasteiger partial charge on any atom is 0.315 e. The second-order valence-corrected chi connectivity index (χ2v) is 8.42. The van der Waals surface area contributed by atoms with E-state index in [0.717, 1.165) is 6.07 Å². The van der Waals surface area contributed by atoms with Crippen molar-refractivity contribution in [1.29, 1.82) is 0 Å². The number of hydrogen-bond acceptors (Lipinski definition) is 3. The Labute approximate surface area is 191 Å². The van der Waals surface area contributed by atoms with Gasteiger partial charge in [-0.2, -0.15) is 8.78 Å². The number of rotatable bonds is 6. The van der Waals surface area contributed by atoms with Crippen LogP contribution in [0.5, 0.6) is 0 Å². The van der Waals surface area contributed by atoms with Gasteiger partial charge in [-0.3, -0.25) is 14.4 Å². The molecule has 0 aliphatic heterocycles. The van der Waals surface area contributed by atoms with Crippen molar-refractivity contribution in [3.05, 3.63) is 53.1 Å². The zero-order valence-electron chi connectivity index (χ0n) is 15.9. The van der Waals surface area contributed by atoms with Gasteiger partial charge in [0.15, 0.2) is 11.6 Å². The van der Waals surface area contributed by atoms with Crippen molar-refractivity contribution in [3.8, 4) is 0 Å². The van der Waals surface area contributed by atoms with E-state index in [1.807, 2.05) is 5.32 Å². The summed E-state index contributed by atoms with van der Waals surface area (Å²) in [5.74, 6) is -10.9. The third-order valence-electron chi connectivity index (χ3n) is 4.44. The molecule has 1 saturated carbocycles. The average Bonchev–Trinajstić information content (AvgIpc) is 3.36. The second-order valence-electron chi connectivity index (χ2n) is 6.88. The molecule has 1 unspecified atom stereocenters. The van der Waals surface area contributed by atoms with Gasteiger partial charge in [0.05, 0.1) is 22.9 Å². The SMILES string of the molecule is O=C(Nc1cc(NC(=O)C(F)F)c(F)cc1F)c1cc(NC(=O)C2CC2(Cl)Cl)cc(F)c1F. The van der Waals surface area contributed by atoms with Crippen LogP contribution in [-0.4, -0.2) is 28.5 Å². The van der Waals surface area contributed by atoms with Crippen LogP contribution >= 0.6 is 23.2 Å². The highest BCUT2D eigenvalue weighted by molar-refractivity contribution is 6.52. The molecule has 1 atom stereocenters. The Balaban J connectivity index is 1.84. The quantitative estimate of drug-likeness (QED) is 0.382. The molecular formula is C19H11Cl2F6N3O3. The topological polar surface area (TPSA) is 87.3 Å². The number of carbonyl (C=O) groups is 3. The fourth-order valence-electron chi connectivity index (χ4n) is 2.67. The minimum Gasteiger partial charge on any atom is -0.326 e. The maximum atomic E-state index is 14.2. The predicted octanol–water partition coefficient (Wildman–Crippen LogP) is 4.83. The zero-order valence-corrected chi connectivity index (χ0v) is 17.4. The number of carbonyl (C=O) groups excluding carboxylic acids is 3. The van der Waals surface area contributed by atoms with Crippen molar-refractivity contribution in [2.45, 2.75) is 17.2 Å². The van der Waals surface area contributed by atoms with E-state index in [0.29, 0.717) is 12.1 Å². The van der Waals surface area contributed by atoms with Crippen LogP contribution in [0.4, 0.5) is 43.4 Å². The molecule has 1 fully saturated rings. The zero-order chi connectivity index (χ0) is 24.7. The molecule has 3 amide bonds. The van der Waals surface area contributed by atoms with Crippen molar-refractivity contribution < 1.29 is 40.7 Å². The molecule has 33 heavy (non-hydrogen) atoms. The van der Waals surface area contributed by atoms with E-state index < -0.39 is 74.6 Å². The Morgan fingerprint density at radius 3 is 2.00 bits per heavy atom. The first-order valence-electron chi connectivity index (χ1n) is 8.87. The average molecular weight is 514 g/mol. The van der Waals surface area contributed by atoms with Gasteiger partial charge in [0.25, 0.3) is 11.8 Å². The Morgan fingerprint density at radius 1 is 0.879 bits per heavy atom. The summed E-state index contributed by atoms with van der Waals surface area (Å²) in [6.45, 7) is 0. The Morgan fingerprint density at radius 2 is 1.45 bits per heavy atom. The maximum absolute atomic E-state index is 14.2. The number of amides is 3. The summed E-state index contributed by atoms with van der Waals surface area (Å²) in [6, 6.07) is 1.95. The fraction of sp³-hybridized carbons (Fsp3) is 0.211. The summed E-state index contributed by atoms with van der Waals surface area (Å²) in [7, 11) is 0. The molecule has 6 nitrogen and oxygen atoms in total. The summed E-state index contributed by atoms with van der Waals surface area (Å²) in [5.41, 5.74) is -3.07. The molecule has 2 aromatic rings. The predicted molar refractivity (Wildman–Crippen MR) is 106 cm³/mol. The molecule has 0 spiro atoms. The highest BCUT2D eigenvalue weighted by Crippen LogP contribution is 2.53. The minimum absolute atomic E-state index is 0.118. The van der Waals surface area contributed by atoms with Gasteiger partial charge in [0, 0.05) is 17.8 Å². The lowest BCUT2D eigenvalue weighted by atomic mass is 10.1. The van der Waals surface area contributed by atoms with Gasteiger partial charge < -0.3 is 16.0 Å². The van der Waals surface area contributed by atoms with E-state index in [9.17, 15) is 40.7 Å². The lowest BCUT2D eigenvalue weighted by Gasteiger charge is -2.13. The van der Waals surface area contributed by atoms with Gasteiger partial charge in [-0.15, -0.1) is 23.2 Å². The van der Waals surface area contributed by atoms with Crippen LogP contribution in [-0.2, 0) is 9.59 Å². The molecule has 0 radical (unpaired) electrons. The monoisotopic (exact) mass is 513 g/mol. The molecule has 0 bridgehead atoms. The number of alkyl halides is 4. The van der Waals surface area contributed by atoms with Gasteiger partial charge in [0.1, 0.15) is 16.0 Å². The fourth-order valence-corrected chi connectivity index (χ4v) is 3.18. The van der Waals surface area contributed by atoms with Crippen LogP contribution < -0.4 is 16.0 Å². The lowest BCUT2D eigenvalue weighted by Crippen LogP contribution is -2.22. The van der Waals surface area contributed by atoms with E-state index in [1.54, 1.807) is 0 Å². The van der Waals surface area contributed by atoms with Crippen molar-refractivity contribution in [1.82, 2.24) is 0 Å². The molecule has 2 aromatic carbocycles. The highest BCUT2D eigenvalue weighted by Gasteiger charge is 2.56. The Bertz CT molecular complexity index is 1160. The van der Waals surface area contributed by atoms with E-state index in [-0.39, 0.29) is 18.2 Å². The summed E-state index contributed by atoms with van der Waals surface area (Å²) >= 11 is 11.5. The van der Waals surface area contributed by atoms with Crippen LogP contribution in [0.15, 0.2) is 24.3 Å². The highest BCUT2D eigenvalue weighted by atomic mass is 35.5. The molecular weight excluding hydrogens is 503 g/mol. The minimum atomic E-state index is -3.51. The normalized spacial score (nSPS) is 16.3. The van der Waals surface area contributed by atoms with Crippen molar-refractivity contribution in [2.24, 2.45) is 5.92 Å². The van der Waals surface area contributed by atoms with E-state index in [1.165, 1.54) is 5.32 Å². The van der Waals surface area contributed by atoms with Crippen LogP contribution in [0.1, 0.15) is 16.8 Å². The number of anilines is 3. The first-order valence-corrected chi connectivity index (χ1v) is 9.63. The Hall–Kier alpha value is -2.99. The van der Waals surface area contributed by atoms with Gasteiger partial charge in [-0.25, -0.2) is 17.6 Å². The first-order chi connectivity index (χ1) is 15.3. The lowest BCUT2D eigenvalue weighted by molar-refractivity contribution is -0.126. The summed E-state index contributed by atoms with van der Waals surface area (Å²) in [6.07, 6.45) is -3.39. The second kappa shape index (κ2) is 9.10. The first kappa shape index (κ1) is 24.6. The molecule has 1 aliphatic rings. The molecule has 3 rings (SSSR count). The number of benzene rings is 2. The third-order valence-corrected chi connectivity index (χ3v) is 5.28. The molecule has 0 saturated heterocycles. The summed E-state index contributed by atoms with van der Waals surface area (Å²) in [4.78, 5) is 35.5. The van der Waals surface area contributed by atoms with Crippen LogP contribution in [0.2, 0.25) is 0 Å². The summed E-state index contributed by atoms with van der Waals surface area (Å²) in [5, 5.41) is 5.50. The van der Waals surface area contributed by atoms with E-state index >= 15 is 0 Å². The third kappa shape index (κ3) is 5.50. The van der Waals surface area contributed by atoms with Gasteiger partial charge in [-0.05, 0) is 18.6 Å². The van der Waals surface area contributed by atoms with Gasteiger partial charge in [0.2, 0.25) is 5.91 Å². The van der Waals surface area contributed by atoms with Crippen LogP contribution in [0.25, 0.3) is 0 Å². The standard InChI is InChI=1S/C19H11Cl2F6N3O3/c20-19(21)5-8(19)17(32)28-6-1-7(14(25)11(24)2-6)16(31)29-12-4-13(10(23)3-9(12)22)30-18(33)15(26)27/h1-4,8,15H,5H2,(H,28,32)(H,29,31)(H,30,33). The van der Waals surface area contributed by atoms with E-state index in [4.69, 9.17) is 23.2 Å². The van der Waals surface area contributed by atoms with Crippen LogP contribution in [0, 0.1) is 29.2 Å². The van der Waals surface area contributed by atoms with Crippen LogP contribution in [0.3, 0.4) is 0 Å². The largest absolute Gasteiger partial charge is 0.326 e. The molecule has 3 N–H and O–H groups in total. The molecule has 0 aromatic heterocycles. The van der Waals surface area contributed by atoms with Crippen molar-refractivity contribution in [2.75, 3.05) is 16.0 Å². The van der Waals surface area contributed by atoms with E-state index in [2.05, 4.69) is 5.32 Å². The molecule has 1 aliphatic carbocycles. The smallest absolute Gasteiger partial charge is 0.315 e. The number of nitrogens with one attached hydrogen (secondary N) is 3. The molecule has 14 heteroatoms. The number of hydrogen-bond donors (Lipinski definition) is 3. The Kier molecular flexibility index (Phi) is 6.80. The van der Waals surface area contributed by atoms with Crippen molar-refractivity contribution >= 4 is 58.0 Å². The summed E-state index contributed by atoms with van der Waals surface area (Å²) < 4.78 is 79.4. The number of halogens is 8. The molecule has 0 heterocycles. The van der Waals surface area contributed by atoms with Gasteiger partial charge in [-0.1, -0.05) is 0 Å².